The second-order valence-electron chi connectivity index (χ2n) is 4.70. The Labute approximate surface area is 107 Å². The molecule has 0 unspecified atom stereocenters. The predicted octanol–water partition coefficient (Wildman–Crippen LogP) is 1.08. The number of amides is 1. The van der Waals surface area contributed by atoms with Crippen LogP contribution in [-0.2, 0) is 11.2 Å². The number of aryl methyl sites for hydroxylation is 1. The monoisotopic (exact) mass is 249 g/mol. The van der Waals surface area contributed by atoms with Crippen molar-refractivity contribution in [3.63, 3.8) is 0 Å². The quantitative estimate of drug-likeness (QED) is 0.849. The normalized spacial score (nSPS) is 15.3. The van der Waals surface area contributed by atoms with Crippen LogP contribution in [0.2, 0.25) is 0 Å². The maximum absolute atomic E-state index is 11.8. The van der Waals surface area contributed by atoms with Gasteiger partial charge in [-0.15, -0.1) is 0 Å². The van der Waals surface area contributed by atoms with Crippen molar-refractivity contribution in [2.45, 2.75) is 12.8 Å². The highest BCUT2D eigenvalue weighted by Crippen LogP contribution is 2.18. The van der Waals surface area contributed by atoms with Crippen LogP contribution in [0.25, 0.3) is 0 Å². The predicted molar refractivity (Wildman–Crippen MR) is 68.5 cm³/mol. The van der Waals surface area contributed by atoms with Gasteiger partial charge in [-0.1, -0.05) is 12.1 Å². The highest BCUT2D eigenvalue weighted by molar-refractivity contribution is 5.77. The Morgan fingerprint density at radius 3 is 2.94 bits per heavy atom. The molecule has 1 N–H and O–H groups in total. The first-order valence-electron chi connectivity index (χ1n) is 6.24. The summed E-state index contributed by atoms with van der Waals surface area (Å²) in [6.07, 6.45) is 1.25. The SMILES string of the molecule is COc1cccc(CCC(=O)N2CC(CO)C2)c1. The van der Waals surface area contributed by atoms with E-state index in [0.717, 1.165) is 17.7 Å². The lowest BCUT2D eigenvalue weighted by Gasteiger charge is -2.38. The molecule has 2 rings (SSSR count). The molecular formula is C14H19NO3. The van der Waals surface area contributed by atoms with Gasteiger partial charge >= 0.3 is 0 Å². The number of nitrogens with zero attached hydrogens (tertiary/aromatic N) is 1. The molecule has 1 aliphatic rings. The van der Waals surface area contributed by atoms with Gasteiger partial charge in [0.15, 0.2) is 0 Å². The Bertz CT molecular complexity index is 413. The zero-order valence-corrected chi connectivity index (χ0v) is 10.6. The molecular weight excluding hydrogens is 230 g/mol. The minimum Gasteiger partial charge on any atom is -0.497 e. The summed E-state index contributed by atoms with van der Waals surface area (Å²) in [7, 11) is 1.64. The number of aliphatic hydroxyl groups is 1. The van der Waals surface area contributed by atoms with Crippen molar-refractivity contribution < 1.29 is 14.6 Å². The number of hydrogen-bond donors (Lipinski definition) is 1. The maximum atomic E-state index is 11.8. The molecule has 1 heterocycles. The number of hydrogen-bond acceptors (Lipinski definition) is 3. The van der Waals surface area contributed by atoms with Crippen molar-refractivity contribution in [2.75, 3.05) is 26.8 Å². The van der Waals surface area contributed by atoms with E-state index < -0.39 is 0 Å². The second-order valence-corrected chi connectivity index (χ2v) is 4.70. The Morgan fingerprint density at radius 2 is 2.28 bits per heavy atom. The summed E-state index contributed by atoms with van der Waals surface area (Å²) in [6.45, 7) is 1.58. The van der Waals surface area contributed by atoms with Crippen LogP contribution in [0.15, 0.2) is 24.3 Å². The first-order valence-corrected chi connectivity index (χ1v) is 6.24. The molecule has 4 nitrogen and oxygen atoms in total. The van der Waals surface area contributed by atoms with Crippen LogP contribution in [0.5, 0.6) is 5.75 Å². The largest absolute Gasteiger partial charge is 0.497 e. The standard InChI is InChI=1S/C14H19NO3/c1-18-13-4-2-3-11(7-13)5-6-14(17)15-8-12(9-15)10-16/h2-4,7,12,16H,5-6,8-10H2,1H3. The summed E-state index contributed by atoms with van der Waals surface area (Å²) < 4.78 is 5.15. The lowest BCUT2D eigenvalue weighted by atomic mass is 10.00. The van der Waals surface area contributed by atoms with Crippen molar-refractivity contribution in [1.82, 2.24) is 4.90 Å². The molecule has 0 spiro atoms. The molecule has 1 aromatic rings. The van der Waals surface area contributed by atoms with Gasteiger partial charge in [0, 0.05) is 32.0 Å². The molecule has 18 heavy (non-hydrogen) atoms. The van der Waals surface area contributed by atoms with E-state index in [2.05, 4.69) is 0 Å². The van der Waals surface area contributed by atoms with E-state index in [1.54, 1.807) is 12.0 Å². The van der Waals surface area contributed by atoms with E-state index in [-0.39, 0.29) is 18.4 Å². The molecule has 1 saturated heterocycles. The topological polar surface area (TPSA) is 49.8 Å². The van der Waals surface area contributed by atoms with Gasteiger partial charge in [-0.25, -0.2) is 0 Å². The van der Waals surface area contributed by atoms with Crippen molar-refractivity contribution in [1.29, 1.82) is 0 Å². The molecule has 0 radical (unpaired) electrons. The number of ether oxygens (including phenoxy) is 1. The van der Waals surface area contributed by atoms with E-state index in [1.807, 2.05) is 24.3 Å². The fourth-order valence-corrected chi connectivity index (χ4v) is 2.13. The maximum Gasteiger partial charge on any atom is 0.222 e. The van der Waals surface area contributed by atoms with Gasteiger partial charge in [0.05, 0.1) is 7.11 Å². The van der Waals surface area contributed by atoms with Gasteiger partial charge in [0.25, 0.3) is 0 Å². The van der Waals surface area contributed by atoms with Crippen LogP contribution < -0.4 is 4.74 Å². The summed E-state index contributed by atoms with van der Waals surface area (Å²) in [6, 6.07) is 7.79. The Morgan fingerprint density at radius 1 is 1.50 bits per heavy atom. The fraction of sp³-hybridized carbons (Fsp3) is 0.500. The van der Waals surface area contributed by atoms with Crippen LogP contribution in [0.1, 0.15) is 12.0 Å². The molecule has 1 aromatic carbocycles. The number of aliphatic hydroxyl groups excluding tert-OH is 1. The van der Waals surface area contributed by atoms with E-state index in [0.29, 0.717) is 19.5 Å². The summed E-state index contributed by atoms with van der Waals surface area (Å²) in [4.78, 5) is 13.6. The van der Waals surface area contributed by atoms with Crippen LogP contribution in [0.4, 0.5) is 0 Å². The van der Waals surface area contributed by atoms with Crippen LogP contribution in [-0.4, -0.2) is 42.7 Å². The number of rotatable bonds is 5. The van der Waals surface area contributed by atoms with Crippen molar-refractivity contribution in [3.05, 3.63) is 29.8 Å². The molecule has 0 atom stereocenters. The van der Waals surface area contributed by atoms with Crippen LogP contribution in [0.3, 0.4) is 0 Å². The molecule has 0 aliphatic carbocycles. The lowest BCUT2D eigenvalue weighted by molar-refractivity contribution is -0.138. The Hall–Kier alpha value is -1.55. The summed E-state index contributed by atoms with van der Waals surface area (Å²) in [5.41, 5.74) is 1.11. The van der Waals surface area contributed by atoms with Crippen LogP contribution in [0, 0.1) is 5.92 Å². The molecule has 4 heteroatoms. The highest BCUT2D eigenvalue weighted by Gasteiger charge is 2.29. The third-order valence-corrected chi connectivity index (χ3v) is 3.33. The Balaban J connectivity index is 1.79. The van der Waals surface area contributed by atoms with Gasteiger partial charge in [-0.3, -0.25) is 4.79 Å². The number of carbonyl (C=O) groups excluding carboxylic acids is 1. The number of benzene rings is 1. The van der Waals surface area contributed by atoms with Crippen LogP contribution >= 0.6 is 0 Å². The molecule has 98 valence electrons. The van der Waals surface area contributed by atoms with E-state index >= 15 is 0 Å². The summed E-state index contributed by atoms with van der Waals surface area (Å²) in [5.74, 6) is 1.28. The average Bonchev–Trinajstić information content (AvgIpc) is 2.35. The van der Waals surface area contributed by atoms with Gasteiger partial charge in [-0.05, 0) is 24.1 Å². The smallest absolute Gasteiger partial charge is 0.222 e. The molecule has 1 aliphatic heterocycles. The van der Waals surface area contributed by atoms with E-state index in [9.17, 15) is 4.79 Å². The average molecular weight is 249 g/mol. The molecule has 0 bridgehead atoms. The third kappa shape index (κ3) is 3.01. The zero-order valence-electron chi connectivity index (χ0n) is 10.6. The number of likely N-dealkylation sites (tertiary alicyclic amines) is 1. The fourth-order valence-electron chi connectivity index (χ4n) is 2.13. The van der Waals surface area contributed by atoms with Gasteiger partial charge in [0.2, 0.25) is 5.91 Å². The summed E-state index contributed by atoms with van der Waals surface area (Å²) >= 11 is 0. The first-order chi connectivity index (χ1) is 8.72. The zero-order chi connectivity index (χ0) is 13.0. The van der Waals surface area contributed by atoms with Crippen molar-refractivity contribution in [3.8, 4) is 5.75 Å². The minimum absolute atomic E-state index is 0.169. The minimum atomic E-state index is 0.169. The van der Waals surface area contributed by atoms with E-state index in [4.69, 9.17) is 9.84 Å². The van der Waals surface area contributed by atoms with Gasteiger partial charge in [0.1, 0.15) is 5.75 Å². The van der Waals surface area contributed by atoms with E-state index in [1.165, 1.54) is 0 Å². The number of methoxy groups -OCH3 is 1. The highest BCUT2D eigenvalue weighted by atomic mass is 16.5. The second kappa shape index (κ2) is 5.87. The lowest BCUT2D eigenvalue weighted by Crippen LogP contribution is -2.51. The third-order valence-electron chi connectivity index (χ3n) is 3.33. The first kappa shape index (κ1) is 12.9. The Kier molecular flexibility index (Phi) is 4.20. The van der Waals surface area contributed by atoms with Gasteiger partial charge in [-0.2, -0.15) is 0 Å². The van der Waals surface area contributed by atoms with Gasteiger partial charge < -0.3 is 14.7 Å². The van der Waals surface area contributed by atoms with Crippen molar-refractivity contribution >= 4 is 5.91 Å². The molecule has 1 fully saturated rings. The molecule has 0 saturated carbocycles. The number of carbonyl (C=O) groups is 1. The molecule has 0 aromatic heterocycles. The molecule has 1 amide bonds. The summed E-state index contributed by atoms with van der Waals surface area (Å²) in [5, 5.41) is 8.90. The van der Waals surface area contributed by atoms with Crippen molar-refractivity contribution in [2.24, 2.45) is 5.92 Å².